The molecule has 2 aliphatic rings. The molecule has 2 aliphatic heterocycles. The van der Waals surface area contributed by atoms with Crippen LogP contribution < -0.4 is 9.64 Å². The van der Waals surface area contributed by atoms with E-state index < -0.39 is 0 Å². The summed E-state index contributed by atoms with van der Waals surface area (Å²) in [4.78, 5) is 4.83. The summed E-state index contributed by atoms with van der Waals surface area (Å²) in [5.41, 5.74) is 2.92. The highest BCUT2D eigenvalue weighted by molar-refractivity contribution is 5.66. The Hall–Kier alpha value is -1.26. The average molecular weight is 262 g/mol. The van der Waals surface area contributed by atoms with Crippen molar-refractivity contribution in [2.45, 2.75) is 24.9 Å². The molecular weight excluding hydrogens is 240 g/mol. The molecule has 19 heavy (non-hydrogen) atoms. The summed E-state index contributed by atoms with van der Waals surface area (Å²) in [5.74, 6) is 0.894. The van der Waals surface area contributed by atoms with Crippen molar-refractivity contribution in [3.05, 3.63) is 23.8 Å². The van der Waals surface area contributed by atoms with Gasteiger partial charge < -0.3 is 14.4 Å². The van der Waals surface area contributed by atoms with E-state index in [1.54, 1.807) is 7.11 Å². The van der Waals surface area contributed by atoms with E-state index in [9.17, 15) is 0 Å². The van der Waals surface area contributed by atoms with Gasteiger partial charge in [-0.05, 0) is 37.2 Å². The second-order valence-electron chi connectivity index (χ2n) is 5.86. The lowest BCUT2D eigenvalue weighted by atomic mass is 9.81. The Labute approximate surface area is 114 Å². The zero-order chi connectivity index (χ0) is 13.6. The fourth-order valence-electron chi connectivity index (χ4n) is 3.77. The predicted molar refractivity (Wildman–Crippen MR) is 75.7 cm³/mol. The lowest BCUT2D eigenvalue weighted by molar-refractivity contribution is 0.0510. The van der Waals surface area contributed by atoms with Gasteiger partial charge in [-0.15, -0.1) is 0 Å². The summed E-state index contributed by atoms with van der Waals surface area (Å²) in [6.07, 6.45) is 1.65. The molecule has 0 amide bonds. The number of benzene rings is 1. The number of likely N-dealkylation sites (N-methyl/N-ethyl adjacent to an activating group) is 2. The highest BCUT2D eigenvalue weighted by Crippen LogP contribution is 2.51. The van der Waals surface area contributed by atoms with E-state index in [1.807, 2.05) is 6.07 Å². The van der Waals surface area contributed by atoms with Crippen LogP contribution in [0, 0.1) is 0 Å². The van der Waals surface area contributed by atoms with Crippen LogP contribution in [0.15, 0.2) is 18.2 Å². The minimum absolute atomic E-state index is 0.200. The van der Waals surface area contributed by atoms with Crippen LogP contribution in [0.2, 0.25) is 0 Å². The van der Waals surface area contributed by atoms with Crippen molar-refractivity contribution in [2.24, 2.45) is 0 Å². The van der Waals surface area contributed by atoms with E-state index in [0.29, 0.717) is 13.0 Å². The van der Waals surface area contributed by atoms with Crippen molar-refractivity contribution in [1.29, 1.82) is 0 Å². The van der Waals surface area contributed by atoms with Crippen molar-refractivity contribution < 1.29 is 9.47 Å². The van der Waals surface area contributed by atoms with Gasteiger partial charge in [0, 0.05) is 31.8 Å². The van der Waals surface area contributed by atoms with Gasteiger partial charge in [0.2, 0.25) is 0 Å². The van der Waals surface area contributed by atoms with Gasteiger partial charge in [-0.25, -0.2) is 0 Å². The quantitative estimate of drug-likeness (QED) is 0.778. The molecule has 4 heteroatoms. The van der Waals surface area contributed by atoms with Gasteiger partial charge in [-0.1, -0.05) is 6.92 Å². The highest BCUT2D eigenvalue weighted by atomic mass is 16.7. The first-order valence-electron chi connectivity index (χ1n) is 6.77. The lowest BCUT2D eigenvalue weighted by Crippen LogP contribution is -2.45. The first kappa shape index (κ1) is 12.8. The van der Waals surface area contributed by atoms with Crippen LogP contribution in [-0.2, 0) is 10.2 Å². The van der Waals surface area contributed by atoms with Gasteiger partial charge in [0.25, 0.3) is 0 Å². The number of likely N-dealkylation sites (tertiary alicyclic amines) is 1. The number of hydrogen-bond acceptors (Lipinski definition) is 4. The molecule has 1 aromatic rings. The standard InChI is InChI=1S/C15H22N2O2/c1-15-7-8-16(2)14(15)17(3)13-6-5-11(9-12(13)15)19-10-18-4/h5-6,9,14H,7-8,10H2,1-4H3/t14-,15+/m1/s1. The number of methoxy groups -OCH3 is 1. The van der Waals surface area contributed by atoms with Gasteiger partial charge in [0.15, 0.2) is 6.79 Å². The minimum Gasteiger partial charge on any atom is -0.468 e. The number of fused-ring (bicyclic) bond motifs is 3. The molecule has 3 rings (SSSR count). The van der Waals surface area contributed by atoms with Gasteiger partial charge in [-0.2, -0.15) is 0 Å². The molecule has 104 valence electrons. The molecule has 2 atom stereocenters. The molecule has 0 spiro atoms. The van der Waals surface area contributed by atoms with Gasteiger partial charge >= 0.3 is 0 Å². The van der Waals surface area contributed by atoms with Crippen LogP contribution in [0.5, 0.6) is 5.75 Å². The van der Waals surface area contributed by atoms with Crippen LogP contribution in [0.4, 0.5) is 5.69 Å². The van der Waals surface area contributed by atoms with E-state index in [4.69, 9.17) is 9.47 Å². The summed E-state index contributed by atoms with van der Waals surface area (Å²) in [5, 5.41) is 0. The van der Waals surface area contributed by atoms with Crippen molar-refractivity contribution in [2.75, 3.05) is 39.4 Å². The maximum atomic E-state index is 5.58. The molecule has 4 nitrogen and oxygen atoms in total. The monoisotopic (exact) mass is 262 g/mol. The number of hydrogen-bond donors (Lipinski definition) is 0. The Bertz CT molecular complexity index is 491. The molecule has 0 aromatic heterocycles. The highest BCUT2D eigenvalue weighted by Gasteiger charge is 2.52. The third kappa shape index (κ3) is 1.74. The van der Waals surface area contributed by atoms with Gasteiger partial charge in [-0.3, -0.25) is 4.90 Å². The lowest BCUT2D eigenvalue weighted by Gasteiger charge is -2.32. The Morgan fingerprint density at radius 1 is 1.37 bits per heavy atom. The van der Waals surface area contributed by atoms with E-state index in [2.05, 4.69) is 43.0 Å². The molecule has 0 unspecified atom stereocenters. The van der Waals surface area contributed by atoms with Crippen LogP contribution in [0.3, 0.4) is 0 Å². The molecule has 0 saturated carbocycles. The molecule has 0 aliphatic carbocycles. The molecular formula is C15H22N2O2. The largest absolute Gasteiger partial charge is 0.468 e. The molecule has 1 aromatic carbocycles. The normalized spacial score (nSPS) is 29.5. The summed E-state index contributed by atoms with van der Waals surface area (Å²) >= 11 is 0. The van der Waals surface area contributed by atoms with E-state index in [0.717, 1.165) is 12.3 Å². The second kappa shape index (κ2) is 4.39. The van der Waals surface area contributed by atoms with Crippen molar-refractivity contribution in [3.63, 3.8) is 0 Å². The van der Waals surface area contributed by atoms with Crippen molar-refractivity contribution in [1.82, 2.24) is 4.90 Å². The van der Waals surface area contributed by atoms with Gasteiger partial charge in [0.05, 0.1) is 6.17 Å². The van der Waals surface area contributed by atoms with Crippen molar-refractivity contribution in [3.8, 4) is 5.75 Å². The van der Waals surface area contributed by atoms with E-state index in [1.165, 1.54) is 17.7 Å². The Morgan fingerprint density at radius 3 is 2.89 bits per heavy atom. The smallest absolute Gasteiger partial charge is 0.188 e. The van der Waals surface area contributed by atoms with Crippen molar-refractivity contribution >= 4 is 5.69 Å². The molecule has 1 saturated heterocycles. The fourth-order valence-corrected chi connectivity index (χ4v) is 3.77. The first-order chi connectivity index (χ1) is 9.08. The molecule has 0 N–H and O–H groups in total. The van der Waals surface area contributed by atoms with Gasteiger partial charge in [0.1, 0.15) is 5.75 Å². The average Bonchev–Trinajstić information content (AvgIpc) is 2.82. The second-order valence-corrected chi connectivity index (χ2v) is 5.86. The molecule has 2 heterocycles. The number of rotatable bonds is 3. The minimum atomic E-state index is 0.200. The topological polar surface area (TPSA) is 24.9 Å². The molecule has 0 radical (unpaired) electrons. The van der Waals surface area contributed by atoms with Crippen LogP contribution in [-0.4, -0.2) is 45.6 Å². The Balaban J connectivity index is 1.99. The zero-order valence-corrected chi connectivity index (χ0v) is 12.1. The van der Waals surface area contributed by atoms with E-state index >= 15 is 0 Å². The number of anilines is 1. The fraction of sp³-hybridized carbons (Fsp3) is 0.600. The van der Waals surface area contributed by atoms with Crippen LogP contribution in [0.1, 0.15) is 18.9 Å². The third-order valence-electron chi connectivity index (χ3n) is 4.64. The molecule has 0 bridgehead atoms. The summed E-state index contributed by atoms with van der Waals surface area (Å²) in [6, 6.07) is 6.38. The van der Waals surface area contributed by atoms with Crippen LogP contribution in [0.25, 0.3) is 0 Å². The SMILES string of the molecule is COCOc1ccc2c(c1)[C@]1(C)CCN(C)[C@@H]1N2C. The summed E-state index contributed by atoms with van der Waals surface area (Å²) < 4.78 is 10.6. The molecule has 1 fully saturated rings. The maximum absolute atomic E-state index is 5.58. The number of nitrogens with zero attached hydrogens (tertiary/aromatic N) is 2. The predicted octanol–water partition coefficient (Wildman–Crippen LogP) is 2.04. The number of ether oxygens (including phenoxy) is 2. The first-order valence-corrected chi connectivity index (χ1v) is 6.77. The van der Waals surface area contributed by atoms with E-state index in [-0.39, 0.29) is 5.41 Å². The van der Waals surface area contributed by atoms with Crippen LogP contribution >= 0.6 is 0 Å². The zero-order valence-electron chi connectivity index (χ0n) is 12.1. The Morgan fingerprint density at radius 2 is 2.16 bits per heavy atom. The summed E-state index contributed by atoms with van der Waals surface area (Å²) in [6.45, 7) is 3.81. The third-order valence-corrected chi connectivity index (χ3v) is 4.64. The maximum Gasteiger partial charge on any atom is 0.188 e. The summed E-state index contributed by atoms with van der Waals surface area (Å²) in [7, 11) is 6.04. The Kier molecular flexibility index (Phi) is 2.95.